The van der Waals surface area contributed by atoms with Gasteiger partial charge in [0, 0.05) is 16.6 Å². The zero-order valence-corrected chi connectivity index (χ0v) is 14.9. The van der Waals surface area contributed by atoms with Gasteiger partial charge < -0.3 is 15.0 Å². The van der Waals surface area contributed by atoms with Gasteiger partial charge in [0.1, 0.15) is 5.82 Å². The second-order valence-electron chi connectivity index (χ2n) is 7.25. The van der Waals surface area contributed by atoms with E-state index in [0.717, 1.165) is 28.9 Å². The Morgan fingerprint density at radius 1 is 1.43 bits per heavy atom. The van der Waals surface area contributed by atoms with Crippen LogP contribution in [0.3, 0.4) is 0 Å². The SMILES string of the molecule is CC(C)(NC(=O)[C@H]1[C@@H]2CNC[C@H]1C2)c1ncc2c(Br)cccn12. The quantitative estimate of drug-likeness (QED) is 0.863. The highest BCUT2D eigenvalue weighted by Gasteiger charge is 2.48. The smallest absolute Gasteiger partial charge is 0.224 e. The molecule has 2 aliphatic rings. The molecule has 3 atom stereocenters. The highest BCUT2D eigenvalue weighted by atomic mass is 79.9. The van der Waals surface area contributed by atoms with E-state index in [9.17, 15) is 4.79 Å². The third-order valence-electron chi connectivity index (χ3n) is 5.25. The number of hydrogen-bond donors (Lipinski definition) is 2. The number of nitrogens with zero attached hydrogens (tertiary/aromatic N) is 2. The first-order valence-corrected chi connectivity index (χ1v) is 8.91. The third kappa shape index (κ3) is 2.39. The van der Waals surface area contributed by atoms with Gasteiger partial charge >= 0.3 is 0 Å². The Balaban J connectivity index is 1.59. The van der Waals surface area contributed by atoms with Crippen LogP contribution in [-0.4, -0.2) is 28.4 Å². The van der Waals surface area contributed by atoms with E-state index in [0.29, 0.717) is 11.8 Å². The van der Waals surface area contributed by atoms with Crippen LogP contribution in [0.15, 0.2) is 29.0 Å². The molecule has 3 heterocycles. The van der Waals surface area contributed by atoms with Crippen LogP contribution in [0, 0.1) is 17.8 Å². The molecule has 4 rings (SSSR count). The van der Waals surface area contributed by atoms with E-state index < -0.39 is 5.54 Å². The summed E-state index contributed by atoms with van der Waals surface area (Å²) in [6.07, 6.45) is 5.01. The van der Waals surface area contributed by atoms with Crippen molar-refractivity contribution in [3.8, 4) is 0 Å². The predicted molar refractivity (Wildman–Crippen MR) is 92.0 cm³/mol. The van der Waals surface area contributed by atoms with Gasteiger partial charge in [-0.15, -0.1) is 0 Å². The molecule has 122 valence electrons. The number of fused-ring (bicyclic) bond motifs is 3. The normalized spacial score (nSPS) is 26.8. The van der Waals surface area contributed by atoms with E-state index in [4.69, 9.17) is 0 Å². The molecule has 2 N–H and O–H groups in total. The predicted octanol–water partition coefficient (Wildman–Crippen LogP) is 2.30. The molecule has 5 nitrogen and oxygen atoms in total. The lowest BCUT2D eigenvalue weighted by Gasteiger charge is -2.49. The van der Waals surface area contributed by atoms with Gasteiger partial charge in [0.2, 0.25) is 5.91 Å². The third-order valence-corrected chi connectivity index (χ3v) is 5.92. The summed E-state index contributed by atoms with van der Waals surface area (Å²) in [6.45, 7) is 5.98. The molecule has 1 saturated carbocycles. The summed E-state index contributed by atoms with van der Waals surface area (Å²) in [6, 6.07) is 3.97. The second-order valence-corrected chi connectivity index (χ2v) is 8.10. The summed E-state index contributed by atoms with van der Waals surface area (Å²) >= 11 is 3.55. The number of amides is 1. The van der Waals surface area contributed by atoms with Crippen molar-refractivity contribution in [1.29, 1.82) is 0 Å². The second kappa shape index (κ2) is 5.31. The number of piperidine rings is 2. The highest BCUT2D eigenvalue weighted by molar-refractivity contribution is 9.10. The molecule has 2 aromatic rings. The summed E-state index contributed by atoms with van der Waals surface area (Å²) in [5, 5.41) is 6.62. The van der Waals surface area contributed by atoms with Crippen molar-refractivity contribution in [1.82, 2.24) is 20.0 Å². The number of halogens is 1. The van der Waals surface area contributed by atoms with Gasteiger partial charge in [-0.1, -0.05) is 0 Å². The lowest BCUT2D eigenvalue weighted by atomic mass is 9.61. The van der Waals surface area contributed by atoms with Crippen LogP contribution in [0.25, 0.3) is 5.52 Å². The van der Waals surface area contributed by atoms with Gasteiger partial charge in [-0.05, 0) is 73.3 Å². The van der Waals surface area contributed by atoms with Crippen LogP contribution >= 0.6 is 15.9 Å². The molecule has 0 unspecified atom stereocenters. The van der Waals surface area contributed by atoms with Gasteiger partial charge in [-0.25, -0.2) is 4.98 Å². The molecule has 1 amide bonds. The summed E-state index contributed by atoms with van der Waals surface area (Å²) < 4.78 is 3.04. The van der Waals surface area contributed by atoms with Crippen LogP contribution < -0.4 is 10.6 Å². The fourth-order valence-electron chi connectivity index (χ4n) is 4.07. The van der Waals surface area contributed by atoms with Gasteiger partial charge in [-0.2, -0.15) is 0 Å². The summed E-state index contributed by atoms with van der Waals surface area (Å²) in [5.41, 5.74) is 0.497. The zero-order valence-electron chi connectivity index (χ0n) is 13.3. The maximum absolute atomic E-state index is 12.8. The fraction of sp³-hybridized carbons (Fsp3) is 0.529. The molecule has 1 aliphatic heterocycles. The van der Waals surface area contributed by atoms with Crippen molar-refractivity contribution in [3.05, 3.63) is 34.8 Å². The number of imidazole rings is 1. The first kappa shape index (κ1) is 15.1. The minimum Gasteiger partial charge on any atom is -0.344 e. The molecule has 2 fully saturated rings. The largest absolute Gasteiger partial charge is 0.344 e. The van der Waals surface area contributed by atoms with Crippen molar-refractivity contribution in [2.24, 2.45) is 17.8 Å². The molecule has 6 heteroatoms. The minimum atomic E-state index is -0.512. The van der Waals surface area contributed by atoms with Gasteiger partial charge in [0.15, 0.2) is 0 Å². The Bertz CT molecular complexity index is 755. The molecule has 2 bridgehead atoms. The van der Waals surface area contributed by atoms with Gasteiger partial charge in [0.25, 0.3) is 0 Å². The number of nitrogens with one attached hydrogen (secondary N) is 2. The molecule has 0 radical (unpaired) electrons. The average molecular weight is 377 g/mol. The van der Waals surface area contributed by atoms with Crippen LogP contribution in [0.5, 0.6) is 0 Å². The Hall–Kier alpha value is -1.40. The van der Waals surface area contributed by atoms with Crippen LogP contribution in [0.2, 0.25) is 0 Å². The minimum absolute atomic E-state index is 0.161. The van der Waals surface area contributed by atoms with Crippen molar-refractivity contribution >= 4 is 27.4 Å². The van der Waals surface area contributed by atoms with Crippen LogP contribution in [-0.2, 0) is 10.3 Å². The molecular formula is C17H21BrN4O. The zero-order chi connectivity index (χ0) is 16.2. The number of hydrogen-bond acceptors (Lipinski definition) is 3. The van der Waals surface area contributed by atoms with E-state index in [1.807, 2.05) is 42.8 Å². The lowest BCUT2D eigenvalue weighted by Crippen LogP contribution is -2.60. The number of carbonyl (C=O) groups is 1. The van der Waals surface area contributed by atoms with E-state index in [1.165, 1.54) is 6.42 Å². The summed E-state index contributed by atoms with van der Waals surface area (Å²) in [4.78, 5) is 17.3. The molecule has 0 spiro atoms. The monoisotopic (exact) mass is 376 g/mol. The maximum atomic E-state index is 12.8. The fourth-order valence-corrected chi connectivity index (χ4v) is 4.52. The topological polar surface area (TPSA) is 58.4 Å². The highest BCUT2D eigenvalue weighted by Crippen LogP contribution is 2.43. The van der Waals surface area contributed by atoms with E-state index in [-0.39, 0.29) is 11.8 Å². The Morgan fingerprint density at radius 2 is 2.17 bits per heavy atom. The standard InChI is InChI=1S/C17H21BrN4O/c1-17(2,16-20-9-13-12(18)4-3-5-22(13)16)21-15(23)14-10-6-11(14)8-19-7-10/h3-5,9-11,14,19H,6-8H2,1-2H3,(H,21,23)/t10-,11+,14-. The van der Waals surface area contributed by atoms with Gasteiger partial charge in [0.05, 0.1) is 17.3 Å². The van der Waals surface area contributed by atoms with Crippen molar-refractivity contribution in [3.63, 3.8) is 0 Å². The number of aromatic nitrogens is 2. The lowest BCUT2D eigenvalue weighted by molar-refractivity contribution is -0.138. The number of pyridine rings is 1. The van der Waals surface area contributed by atoms with E-state index in [2.05, 4.69) is 31.5 Å². The average Bonchev–Trinajstić information content (AvgIpc) is 2.93. The maximum Gasteiger partial charge on any atom is 0.224 e. The number of rotatable bonds is 3. The van der Waals surface area contributed by atoms with Crippen molar-refractivity contribution in [2.45, 2.75) is 25.8 Å². The van der Waals surface area contributed by atoms with Gasteiger partial charge in [-0.3, -0.25) is 4.79 Å². The van der Waals surface area contributed by atoms with Crippen LogP contribution in [0.4, 0.5) is 0 Å². The van der Waals surface area contributed by atoms with E-state index >= 15 is 0 Å². The molecule has 0 aromatic carbocycles. The molecule has 1 aliphatic carbocycles. The Labute approximate surface area is 144 Å². The first-order chi connectivity index (χ1) is 11.0. The van der Waals surface area contributed by atoms with Crippen molar-refractivity contribution in [2.75, 3.05) is 13.1 Å². The Kier molecular flexibility index (Phi) is 3.50. The Morgan fingerprint density at radius 3 is 2.87 bits per heavy atom. The molecule has 2 aromatic heterocycles. The summed E-state index contributed by atoms with van der Waals surface area (Å²) in [5.74, 6) is 2.18. The van der Waals surface area contributed by atoms with E-state index in [1.54, 1.807) is 0 Å². The van der Waals surface area contributed by atoms with Crippen LogP contribution in [0.1, 0.15) is 26.1 Å². The molecule has 23 heavy (non-hydrogen) atoms. The number of carbonyl (C=O) groups excluding carboxylic acids is 1. The molecule has 1 saturated heterocycles. The van der Waals surface area contributed by atoms with Crippen molar-refractivity contribution < 1.29 is 4.79 Å². The first-order valence-electron chi connectivity index (χ1n) is 8.12. The molecular weight excluding hydrogens is 356 g/mol. The summed E-state index contributed by atoms with van der Waals surface area (Å²) in [7, 11) is 0.